The molecule has 0 saturated heterocycles. The van der Waals surface area contributed by atoms with Gasteiger partial charge in [-0.1, -0.05) is 72.8 Å². The van der Waals surface area contributed by atoms with E-state index in [1.54, 1.807) is 0 Å². The Hall–Kier alpha value is -5.28. The first-order valence-corrected chi connectivity index (χ1v) is 13.1. The number of benzene rings is 6. The molecule has 3 nitrogen and oxygen atoms in total. The lowest BCUT2D eigenvalue weighted by Crippen LogP contribution is -1.81. The predicted octanol–water partition coefficient (Wildman–Crippen LogP) is 10.7. The van der Waals surface area contributed by atoms with Crippen LogP contribution in [0, 0.1) is 0 Å². The van der Waals surface area contributed by atoms with Crippen LogP contribution < -0.4 is 0 Å². The molecule has 9 rings (SSSR count). The molecular weight excluding hydrogens is 480 g/mol. The quantitative estimate of drug-likeness (QED) is 0.237. The highest BCUT2D eigenvalue weighted by atomic mass is 16.3. The van der Waals surface area contributed by atoms with Crippen molar-refractivity contribution in [2.75, 3.05) is 0 Å². The van der Waals surface area contributed by atoms with Gasteiger partial charge in [0.1, 0.15) is 33.5 Å². The van der Waals surface area contributed by atoms with Gasteiger partial charge in [-0.05, 0) is 70.8 Å². The summed E-state index contributed by atoms with van der Waals surface area (Å²) in [6.45, 7) is 0. The number of rotatable bonds is 2. The summed E-state index contributed by atoms with van der Waals surface area (Å²) in [4.78, 5) is 0. The Bertz CT molecular complexity index is 2230. The van der Waals surface area contributed by atoms with Gasteiger partial charge in [0.05, 0.1) is 0 Å². The summed E-state index contributed by atoms with van der Waals surface area (Å²) in [6, 6.07) is 41.9. The molecule has 39 heavy (non-hydrogen) atoms. The van der Waals surface area contributed by atoms with Gasteiger partial charge in [0.15, 0.2) is 0 Å². The zero-order valence-corrected chi connectivity index (χ0v) is 20.8. The van der Waals surface area contributed by atoms with Crippen molar-refractivity contribution in [3.05, 3.63) is 121 Å². The summed E-state index contributed by atoms with van der Waals surface area (Å²) < 4.78 is 18.6. The maximum Gasteiger partial charge on any atom is 0.136 e. The van der Waals surface area contributed by atoms with Crippen LogP contribution in [-0.4, -0.2) is 0 Å². The van der Waals surface area contributed by atoms with Gasteiger partial charge in [0.25, 0.3) is 0 Å². The fraction of sp³-hybridized carbons (Fsp3) is 0. The minimum Gasteiger partial charge on any atom is -0.456 e. The smallest absolute Gasteiger partial charge is 0.136 e. The molecule has 0 aliphatic heterocycles. The van der Waals surface area contributed by atoms with Gasteiger partial charge >= 0.3 is 0 Å². The summed E-state index contributed by atoms with van der Waals surface area (Å²) in [5, 5.41) is 6.72. The molecule has 0 aliphatic carbocycles. The first kappa shape index (κ1) is 20.7. The van der Waals surface area contributed by atoms with Crippen molar-refractivity contribution >= 4 is 65.8 Å². The van der Waals surface area contributed by atoms with Crippen molar-refractivity contribution in [1.29, 1.82) is 0 Å². The van der Waals surface area contributed by atoms with E-state index >= 15 is 0 Å². The van der Waals surface area contributed by atoms with Crippen LogP contribution in [0.15, 0.2) is 135 Å². The lowest BCUT2D eigenvalue weighted by Gasteiger charge is -2.05. The van der Waals surface area contributed by atoms with Crippen molar-refractivity contribution in [3.63, 3.8) is 0 Å². The highest BCUT2D eigenvalue weighted by Crippen LogP contribution is 2.41. The molecule has 0 unspecified atom stereocenters. The van der Waals surface area contributed by atoms with Gasteiger partial charge in [0.2, 0.25) is 0 Å². The van der Waals surface area contributed by atoms with Gasteiger partial charge < -0.3 is 13.3 Å². The molecule has 0 radical (unpaired) electrons. The van der Waals surface area contributed by atoms with Crippen LogP contribution in [0.25, 0.3) is 88.1 Å². The van der Waals surface area contributed by atoms with E-state index < -0.39 is 0 Å². The fourth-order valence-electron chi connectivity index (χ4n) is 6.14. The van der Waals surface area contributed by atoms with Gasteiger partial charge in [0, 0.05) is 32.3 Å². The molecular formula is C36H20O3. The molecule has 0 saturated carbocycles. The minimum absolute atomic E-state index is 0.877. The summed E-state index contributed by atoms with van der Waals surface area (Å²) in [5.41, 5.74) is 9.93. The third-order valence-corrected chi connectivity index (χ3v) is 7.90. The van der Waals surface area contributed by atoms with E-state index in [2.05, 4.69) is 84.9 Å². The molecule has 0 bridgehead atoms. The maximum atomic E-state index is 6.28. The Labute approximate surface area is 222 Å². The first-order valence-electron chi connectivity index (χ1n) is 13.1. The van der Waals surface area contributed by atoms with Crippen LogP contribution in [0.3, 0.4) is 0 Å². The SMILES string of the molecule is c1ccc2c(c1)oc1cccc(-c3ccc4oc5ccc(-c6cccc7oc8ccccc8c67)cc5c4c3)c12. The molecule has 3 heterocycles. The summed E-state index contributed by atoms with van der Waals surface area (Å²) in [6.07, 6.45) is 0. The highest BCUT2D eigenvalue weighted by molar-refractivity contribution is 6.16. The number of furan rings is 3. The van der Waals surface area contributed by atoms with Crippen molar-refractivity contribution in [2.24, 2.45) is 0 Å². The number of fused-ring (bicyclic) bond motifs is 9. The third kappa shape index (κ3) is 2.93. The van der Waals surface area contributed by atoms with E-state index in [9.17, 15) is 0 Å². The average Bonchev–Trinajstić information content (AvgIpc) is 3.67. The normalized spacial score (nSPS) is 12.1. The van der Waals surface area contributed by atoms with E-state index in [0.29, 0.717) is 0 Å². The average molecular weight is 501 g/mol. The molecule has 0 atom stereocenters. The minimum atomic E-state index is 0.877. The first-order chi connectivity index (χ1) is 19.3. The lowest BCUT2D eigenvalue weighted by molar-refractivity contribution is 0.668. The number of hydrogen-bond donors (Lipinski definition) is 0. The second-order valence-electron chi connectivity index (χ2n) is 10.1. The van der Waals surface area contributed by atoms with Crippen LogP contribution in [0.2, 0.25) is 0 Å². The second-order valence-corrected chi connectivity index (χ2v) is 10.1. The topological polar surface area (TPSA) is 39.4 Å². The van der Waals surface area contributed by atoms with Crippen molar-refractivity contribution in [1.82, 2.24) is 0 Å². The molecule has 0 N–H and O–H groups in total. The van der Waals surface area contributed by atoms with E-state index in [4.69, 9.17) is 13.3 Å². The largest absolute Gasteiger partial charge is 0.456 e. The van der Waals surface area contributed by atoms with E-state index in [-0.39, 0.29) is 0 Å². The molecule has 0 spiro atoms. The summed E-state index contributed by atoms with van der Waals surface area (Å²) in [5.74, 6) is 0. The highest BCUT2D eigenvalue weighted by Gasteiger charge is 2.16. The zero-order valence-electron chi connectivity index (χ0n) is 20.8. The van der Waals surface area contributed by atoms with Crippen molar-refractivity contribution in [3.8, 4) is 22.3 Å². The number of para-hydroxylation sites is 2. The Morgan fingerprint density at radius 2 is 0.718 bits per heavy atom. The molecule has 3 heteroatoms. The van der Waals surface area contributed by atoms with Crippen molar-refractivity contribution in [2.45, 2.75) is 0 Å². The molecule has 0 amide bonds. The van der Waals surface area contributed by atoms with E-state index in [1.807, 2.05) is 36.4 Å². The van der Waals surface area contributed by atoms with Crippen LogP contribution >= 0.6 is 0 Å². The van der Waals surface area contributed by atoms with Crippen molar-refractivity contribution < 1.29 is 13.3 Å². The molecule has 9 aromatic rings. The Balaban J connectivity index is 1.28. The molecule has 0 aliphatic rings. The Morgan fingerprint density at radius 1 is 0.308 bits per heavy atom. The molecule has 182 valence electrons. The maximum absolute atomic E-state index is 6.28. The second kappa shape index (κ2) is 7.62. The number of hydrogen-bond acceptors (Lipinski definition) is 3. The van der Waals surface area contributed by atoms with Gasteiger partial charge in [-0.2, -0.15) is 0 Å². The lowest BCUT2D eigenvalue weighted by atomic mass is 9.96. The predicted molar refractivity (Wildman–Crippen MR) is 159 cm³/mol. The van der Waals surface area contributed by atoms with Gasteiger partial charge in [-0.15, -0.1) is 0 Å². The molecule has 3 aromatic heterocycles. The van der Waals surface area contributed by atoms with Crippen LogP contribution in [0.4, 0.5) is 0 Å². The molecule has 0 fully saturated rings. The monoisotopic (exact) mass is 500 g/mol. The molecule has 6 aromatic carbocycles. The zero-order chi connectivity index (χ0) is 25.5. The van der Waals surface area contributed by atoms with E-state index in [1.165, 1.54) is 0 Å². The van der Waals surface area contributed by atoms with Gasteiger partial charge in [-0.25, -0.2) is 0 Å². The fourth-order valence-corrected chi connectivity index (χ4v) is 6.14. The van der Waals surface area contributed by atoms with Crippen LogP contribution in [0.1, 0.15) is 0 Å². The van der Waals surface area contributed by atoms with Crippen LogP contribution in [-0.2, 0) is 0 Å². The van der Waals surface area contributed by atoms with Gasteiger partial charge in [-0.3, -0.25) is 0 Å². The van der Waals surface area contributed by atoms with E-state index in [0.717, 1.165) is 88.1 Å². The summed E-state index contributed by atoms with van der Waals surface area (Å²) >= 11 is 0. The Morgan fingerprint density at radius 3 is 1.23 bits per heavy atom. The summed E-state index contributed by atoms with van der Waals surface area (Å²) in [7, 11) is 0. The van der Waals surface area contributed by atoms with Crippen LogP contribution in [0.5, 0.6) is 0 Å². The third-order valence-electron chi connectivity index (χ3n) is 7.90. The standard InChI is InChI=1S/C36H20O3/c1-3-11-29-25(7-1)35-23(9-5-13-33(35)38-29)21-15-17-31-27(19-21)28-20-22(16-18-32(28)37-31)24-10-6-14-34-36(24)26-8-2-4-12-30(26)39-34/h1-20H. The Kier molecular flexibility index (Phi) is 4.05.